The fourth-order valence-corrected chi connectivity index (χ4v) is 4.21. The van der Waals surface area contributed by atoms with Crippen molar-refractivity contribution < 1.29 is 9.53 Å². The highest BCUT2D eigenvalue weighted by molar-refractivity contribution is 6.30. The molecule has 178 valence electrons. The van der Waals surface area contributed by atoms with Gasteiger partial charge in [0.05, 0.1) is 24.5 Å². The number of hydrogen-bond donors (Lipinski definition) is 1. The Labute approximate surface area is 214 Å². The summed E-state index contributed by atoms with van der Waals surface area (Å²) in [6.45, 7) is 0. The minimum Gasteiger partial charge on any atom is -0.497 e. The molecule has 0 aliphatic carbocycles. The Morgan fingerprint density at radius 1 is 0.833 bits per heavy atom. The number of nitrogens with zero attached hydrogens (tertiary/aromatic N) is 2. The van der Waals surface area contributed by atoms with Gasteiger partial charge in [0.15, 0.2) is 0 Å². The van der Waals surface area contributed by atoms with Crippen molar-refractivity contribution in [3.8, 4) is 22.7 Å². The van der Waals surface area contributed by atoms with Crippen molar-refractivity contribution in [3.05, 3.63) is 137 Å². The molecule has 0 saturated carbocycles. The SMILES string of the molecule is COc1ccc(-c2cc(C(=O)NC(c3ccccc3)c3ccccc3)n(-c3ccc(Cl)cc3)n2)cc1. The average molecular weight is 494 g/mol. The molecule has 1 amide bonds. The summed E-state index contributed by atoms with van der Waals surface area (Å²) >= 11 is 6.11. The number of aromatic nitrogens is 2. The molecule has 5 rings (SSSR count). The van der Waals surface area contributed by atoms with Crippen LogP contribution in [0.4, 0.5) is 0 Å². The van der Waals surface area contributed by atoms with E-state index in [0.717, 1.165) is 28.1 Å². The van der Waals surface area contributed by atoms with Crippen LogP contribution in [0.1, 0.15) is 27.7 Å². The lowest BCUT2D eigenvalue weighted by molar-refractivity contribution is 0.0935. The number of halogens is 1. The van der Waals surface area contributed by atoms with Gasteiger partial charge in [-0.25, -0.2) is 4.68 Å². The first kappa shape index (κ1) is 23.4. The Morgan fingerprint density at radius 3 is 1.97 bits per heavy atom. The molecule has 6 heteroatoms. The van der Waals surface area contributed by atoms with E-state index in [4.69, 9.17) is 21.4 Å². The van der Waals surface area contributed by atoms with E-state index < -0.39 is 0 Å². The van der Waals surface area contributed by atoms with Gasteiger partial charge in [-0.15, -0.1) is 0 Å². The van der Waals surface area contributed by atoms with Crippen LogP contribution in [0.15, 0.2) is 115 Å². The van der Waals surface area contributed by atoms with E-state index in [1.165, 1.54) is 0 Å². The lowest BCUT2D eigenvalue weighted by Crippen LogP contribution is -2.31. The van der Waals surface area contributed by atoms with Crippen molar-refractivity contribution in [2.24, 2.45) is 0 Å². The number of nitrogens with one attached hydrogen (secondary N) is 1. The van der Waals surface area contributed by atoms with Crippen LogP contribution in [-0.4, -0.2) is 22.8 Å². The molecule has 0 spiro atoms. The molecule has 0 aliphatic rings. The smallest absolute Gasteiger partial charge is 0.270 e. The van der Waals surface area contributed by atoms with E-state index >= 15 is 0 Å². The summed E-state index contributed by atoms with van der Waals surface area (Å²) in [5.41, 5.74) is 4.68. The van der Waals surface area contributed by atoms with Crippen LogP contribution in [-0.2, 0) is 0 Å². The largest absolute Gasteiger partial charge is 0.497 e. The summed E-state index contributed by atoms with van der Waals surface area (Å²) in [4.78, 5) is 13.8. The molecule has 1 heterocycles. The molecular formula is C30H24ClN3O2. The molecule has 36 heavy (non-hydrogen) atoms. The van der Waals surface area contributed by atoms with Crippen molar-refractivity contribution in [2.75, 3.05) is 7.11 Å². The lowest BCUT2D eigenvalue weighted by Gasteiger charge is -2.20. The monoisotopic (exact) mass is 493 g/mol. The predicted molar refractivity (Wildman–Crippen MR) is 143 cm³/mol. The second kappa shape index (κ2) is 10.5. The molecule has 0 aliphatic heterocycles. The van der Waals surface area contributed by atoms with Crippen molar-refractivity contribution in [1.29, 1.82) is 0 Å². The Balaban J connectivity index is 1.56. The van der Waals surface area contributed by atoms with Crippen LogP contribution in [0.5, 0.6) is 5.75 Å². The fraction of sp³-hybridized carbons (Fsp3) is 0.0667. The van der Waals surface area contributed by atoms with Gasteiger partial charge in [0, 0.05) is 10.6 Å². The van der Waals surface area contributed by atoms with Gasteiger partial charge in [0.2, 0.25) is 0 Å². The van der Waals surface area contributed by atoms with E-state index in [9.17, 15) is 4.79 Å². The number of rotatable bonds is 7. The highest BCUT2D eigenvalue weighted by Crippen LogP contribution is 2.27. The molecule has 0 fully saturated rings. The van der Waals surface area contributed by atoms with E-state index in [-0.39, 0.29) is 11.9 Å². The maximum absolute atomic E-state index is 13.8. The summed E-state index contributed by atoms with van der Waals surface area (Å²) in [6.07, 6.45) is 0. The van der Waals surface area contributed by atoms with Gasteiger partial charge in [-0.05, 0) is 65.7 Å². The van der Waals surface area contributed by atoms with Gasteiger partial charge >= 0.3 is 0 Å². The molecule has 0 radical (unpaired) electrons. The topological polar surface area (TPSA) is 56.1 Å². The van der Waals surface area contributed by atoms with Crippen LogP contribution in [0.25, 0.3) is 16.9 Å². The maximum Gasteiger partial charge on any atom is 0.270 e. The van der Waals surface area contributed by atoms with Gasteiger partial charge in [0.1, 0.15) is 11.4 Å². The predicted octanol–water partition coefficient (Wildman–Crippen LogP) is 6.72. The molecule has 4 aromatic carbocycles. The van der Waals surface area contributed by atoms with Crippen molar-refractivity contribution in [2.45, 2.75) is 6.04 Å². The van der Waals surface area contributed by atoms with Gasteiger partial charge < -0.3 is 10.1 Å². The number of hydrogen-bond acceptors (Lipinski definition) is 3. The number of ether oxygens (including phenoxy) is 1. The second-order valence-electron chi connectivity index (χ2n) is 8.26. The molecule has 5 aromatic rings. The van der Waals surface area contributed by atoms with Crippen molar-refractivity contribution >= 4 is 17.5 Å². The molecule has 5 nitrogen and oxygen atoms in total. The second-order valence-corrected chi connectivity index (χ2v) is 8.70. The van der Waals surface area contributed by atoms with E-state index in [2.05, 4.69) is 5.32 Å². The molecular weight excluding hydrogens is 470 g/mol. The minimum atomic E-state index is -0.321. The highest BCUT2D eigenvalue weighted by atomic mass is 35.5. The van der Waals surface area contributed by atoms with Gasteiger partial charge in [-0.2, -0.15) is 5.10 Å². The first-order chi connectivity index (χ1) is 17.6. The number of amides is 1. The molecule has 0 unspecified atom stereocenters. The summed E-state index contributed by atoms with van der Waals surface area (Å²) in [5, 5.41) is 8.62. The zero-order chi connectivity index (χ0) is 24.9. The highest BCUT2D eigenvalue weighted by Gasteiger charge is 2.22. The van der Waals surface area contributed by atoms with Crippen LogP contribution in [0.3, 0.4) is 0 Å². The molecule has 0 bridgehead atoms. The van der Waals surface area contributed by atoms with Crippen LogP contribution >= 0.6 is 11.6 Å². The number of carbonyl (C=O) groups is 1. The summed E-state index contributed by atoms with van der Waals surface area (Å²) in [5.74, 6) is 0.511. The van der Waals surface area contributed by atoms with E-state index in [0.29, 0.717) is 16.4 Å². The first-order valence-electron chi connectivity index (χ1n) is 11.5. The Bertz CT molecular complexity index is 1410. The maximum atomic E-state index is 13.8. The van der Waals surface area contributed by atoms with E-state index in [1.807, 2.05) is 97.1 Å². The Kier molecular flexibility index (Phi) is 6.83. The van der Waals surface area contributed by atoms with Crippen molar-refractivity contribution in [3.63, 3.8) is 0 Å². The Hall–Kier alpha value is -4.35. The zero-order valence-corrected chi connectivity index (χ0v) is 20.4. The molecule has 0 atom stereocenters. The summed E-state index contributed by atoms with van der Waals surface area (Å²) in [7, 11) is 1.63. The Morgan fingerprint density at radius 2 is 1.42 bits per heavy atom. The van der Waals surface area contributed by atoms with Gasteiger partial charge in [0.25, 0.3) is 5.91 Å². The van der Waals surface area contributed by atoms with Crippen molar-refractivity contribution in [1.82, 2.24) is 15.1 Å². The van der Waals surface area contributed by atoms with E-state index in [1.54, 1.807) is 30.0 Å². The summed E-state index contributed by atoms with van der Waals surface area (Å²) < 4.78 is 6.93. The normalized spacial score (nSPS) is 10.9. The molecule has 0 saturated heterocycles. The molecule has 1 aromatic heterocycles. The molecule has 1 N–H and O–H groups in total. The fourth-order valence-electron chi connectivity index (χ4n) is 4.08. The third-order valence-corrected chi connectivity index (χ3v) is 6.19. The zero-order valence-electron chi connectivity index (χ0n) is 19.6. The number of carbonyl (C=O) groups excluding carboxylic acids is 1. The van der Waals surface area contributed by atoms with Gasteiger partial charge in [-0.3, -0.25) is 4.79 Å². The van der Waals surface area contributed by atoms with Crippen LogP contribution in [0, 0.1) is 0 Å². The number of methoxy groups -OCH3 is 1. The quantitative estimate of drug-likeness (QED) is 0.274. The third kappa shape index (κ3) is 5.02. The van der Waals surface area contributed by atoms with Crippen LogP contribution in [0.2, 0.25) is 5.02 Å². The third-order valence-electron chi connectivity index (χ3n) is 5.94. The van der Waals surface area contributed by atoms with Gasteiger partial charge in [-0.1, -0.05) is 72.3 Å². The summed E-state index contributed by atoms with van der Waals surface area (Å²) in [6, 6.07) is 36.2. The minimum absolute atomic E-state index is 0.241. The van der Waals surface area contributed by atoms with Crippen LogP contribution < -0.4 is 10.1 Å². The lowest BCUT2D eigenvalue weighted by atomic mass is 9.98. The first-order valence-corrected chi connectivity index (χ1v) is 11.9. The number of benzene rings is 4. The average Bonchev–Trinajstić information content (AvgIpc) is 3.39. The standard InChI is InChI=1S/C30H24ClN3O2/c1-36-26-18-12-21(13-19-26)27-20-28(34(33-27)25-16-14-24(31)15-17-25)30(35)32-29(22-8-4-2-5-9-22)23-10-6-3-7-11-23/h2-20,29H,1H3,(H,32,35).